The molecule has 1 aliphatic rings. The van der Waals surface area contributed by atoms with E-state index in [2.05, 4.69) is 4.72 Å². The summed E-state index contributed by atoms with van der Waals surface area (Å²) in [6.07, 6.45) is 2.92. The SMILES string of the molecule is CCN(C)S(=O)(=O)NCC1(N)CCC1.Cl. The van der Waals surface area contributed by atoms with Gasteiger partial charge in [-0.2, -0.15) is 12.7 Å². The first-order chi connectivity index (χ1) is 6.40. The summed E-state index contributed by atoms with van der Waals surface area (Å²) < 4.78 is 26.8. The van der Waals surface area contributed by atoms with Crippen molar-refractivity contribution in [1.29, 1.82) is 0 Å². The summed E-state index contributed by atoms with van der Waals surface area (Å²) in [4.78, 5) is 0. The lowest BCUT2D eigenvalue weighted by Gasteiger charge is -2.38. The maximum Gasteiger partial charge on any atom is 0.279 e. The van der Waals surface area contributed by atoms with Crippen LogP contribution in [0.25, 0.3) is 0 Å². The molecule has 15 heavy (non-hydrogen) atoms. The van der Waals surface area contributed by atoms with Gasteiger partial charge < -0.3 is 5.73 Å². The van der Waals surface area contributed by atoms with Crippen LogP contribution < -0.4 is 10.5 Å². The Morgan fingerprint density at radius 1 is 1.47 bits per heavy atom. The minimum atomic E-state index is -3.32. The molecule has 0 aromatic carbocycles. The van der Waals surface area contributed by atoms with E-state index in [9.17, 15) is 8.42 Å². The fourth-order valence-corrected chi connectivity index (χ4v) is 2.35. The average Bonchev–Trinajstić information content (AvgIpc) is 2.10. The highest BCUT2D eigenvalue weighted by atomic mass is 35.5. The summed E-state index contributed by atoms with van der Waals surface area (Å²) in [5.41, 5.74) is 5.60. The van der Waals surface area contributed by atoms with Gasteiger partial charge in [-0.15, -0.1) is 12.4 Å². The van der Waals surface area contributed by atoms with Crippen molar-refractivity contribution in [2.45, 2.75) is 31.7 Å². The van der Waals surface area contributed by atoms with Crippen LogP contribution in [0.5, 0.6) is 0 Å². The molecule has 0 saturated heterocycles. The van der Waals surface area contributed by atoms with Crippen LogP contribution in [0.4, 0.5) is 0 Å². The Hall–Kier alpha value is 0.120. The van der Waals surface area contributed by atoms with Crippen LogP contribution in [-0.4, -0.2) is 38.4 Å². The molecule has 1 fully saturated rings. The Bertz CT molecular complexity index is 290. The highest BCUT2D eigenvalue weighted by Crippen LogP contribution is 2.28. The minimum Gasteiger partial charge on any atom is -0.324 e. The summed E-state index contributed by atoms with van der Waals surface area (Å²) in [6.45, 7) is 2.60. The molecule has 0 spiro atoms. The third kappa shape index (κ3) is 3.88. The zero-order chi connectivity index (χ0) is 10.8. The number of halogens is 1. The number of nitrogens with two attached hydrogens (primary N) is 1. The zero-order valence-electron chi connectivity index (χ0n) is 9.19. The monoisotopic (exact) mass is 257 g/mol. The van der Waals surface area contributed by atoms with Crippen LogP contribution in [0.1, 0.15) is 26.2 Å². The predicted octanol–water partition coefficient (Wildman–Crippen LogP) is 0.0757. The van der Waals surface area contributed by atoms with Gasteiger partial charge in [-0.3, -0.25) is 0 Å². The first kappa shape index (κ1) is 15.1. The fourth-order valence-electron chi connectivity index (χ4n) is 1.32. The van der Waals surface area contributed by atoms with Crippen molar-refractivity contribution in [2.75, 3.05) is 20.1 Å². The van der Waals surface area contributed by atoms with Crippen LogP contribution in [0, 0.1) is 0 Å². The van der Waals surface area contributed by atoms with Gasteiger partial charge in [0.25, 0.3) is 10.2 Å². The highest BCUT2D eigenvalue weighted by molar-refractivity contribution is 7.87. The van der Waals surface area contributed by atoms with Crippen molar-refractivity contribution in [1.82, 2.24) is 9.03 Å². The second-order valence-corrected chi connectivity index (χ2v) is 5.82. The van der Waals surface area contributed by atoms with Crippen molar-refractivity contribution in [2.24, 2.45) is 5.73 Å². The van der Waals surface area contributed by atoms with E-state index < -0.39 is 10.2 Å². The van der Waals surface area contributed by atoms with Crippen molar-refractivity contribution in [3.05, 3.63) is 0 Å². The van der Waals surface area contributed by atoms with Gasteiger partial charge in [0.05, 0.1) is 0 Å². The molecule has 0 radical (unpaired) electrons. The Morgan fingerprint density at radius 2 is 2.00 bits per heavy atom. The highest BCUT2D eigenvalue weighted by Gasteiger charge is 2.33. The van der Waals surface area contributed by atoms with Gasteiger partial charge in [0, 0.05) is 25.7 Å². The molecule has 0 atom stereocenters. The van der Waals surface area contributed by atoms with E-state index in [0.717, 1.165) is 19.3 Å². The van der Waals surface area contributed by atoms with E-state index >= 15 is 0 Å². The van der Waals surface area contributed by atoms with Gasteiger partial charge in [-0.1, -0.05) is 6.92 Å². The quantitative estimate of drug-likeness (QED) is 0.732. The molecular weight excluding hydrogens is 238 g/mol. The zero-order valence-corrected chi connectivity index (χ0v) is 10.8. The lowest BCUT2D eigenvalue weighted by molar-refractivity contribution is 0.249. The molecule has 0 bridgehead atoms. The number of nitrogens with one attached hydrogen (secondary N) is 1. The van der Waals surface area contributed by atoms with Crippen LogP contribution in [0.3, 0.4) is 0 Å². The summed E-state index contributed by atoms with van der Waals surface area (Å²) in [5, 5.41) is 0. The van der Waals surface area contributed by atoms with Crippen molar-refractivity contribution in [3.8, 4) is 0 Å². The Morgan fingerprint density at radius 3 is 2.33 bits per heavy atom. The molecule has 0 aromatic heterocycles. The molecule has 92 valence electrons. The number of hydrogen-bond donors (Lipinski definition) is 2. The minimum absolute atomic E-state index is 0. The Balaban J connectivity index is 0.00000196. The average molecular weight is 258 g/mol. The number of hydrogen-bond acceptors (Lipinski definition) is 3. The molecule has 0 unspecified atom stereocenters. The normalized spacial score (nSPS) is 19.5. The molecule has 1 saturated carbocycles. The summed E-state index contributed by atoms with van der Waals surface area (Å²) >= 11 is 0. The van der Waals surface area contributed by atoms with E-state index in [1.54, 1.807) is 14.0 Å². The summed E-state index contributed by atoms with van der Waals surface area (Å²) in [5.74, 6) is 0. The topological polar surface area (TPSA) is 75.4 Å². The fraction of sp³-hybridized carbons (Fsp3) is 1.00. The van der Waals surface area contributed by atoms with Crippen molar-refractivity contribution < 1.29 is 8.42 Å². The summed E-state index contributed by atoms with van der Waals surface area (Å²) in [7, 11) is -1.77. The first-order valence-electron chi connectivity index (χ1n) is 4.89. The third-order valence-corrected chi connectivity index (χ3v) is 4.40. The number of rotatable bonds is 5. The lowest BCUT2D eigenvalue weighted by Crippen LogP contribution is -2.56. The lowest BCUT2D eigenvalue weighted by atomic mass is 9.78. The molecule has 0 aliphatic heterocycles. The maximum atomic E-state index is 11.5. The van der Waals surface area contributed by atoms with Crippen molar-refractivity contribution in [3.63, 3.8) is 0 Å². The molecule has 5 nitrogen and oxygen atoms in total. The molecule has 0 aromatic rings. The van der Waals surface area contributed by atoms with E-state index in [-0.39, 0.29) is 17.9 Å². The smallest absolute Gasteiger partial charge is 0.279 e. The second-order valence-electron chi connectivity index (χ2n) is 3.96. The first-order valence-corrected chi connectivity index (χ1v) is 6.33. The van der Waals surface area contributed by atoms with E-state index in [4.69, 9.17) is 5.73 Å². The molecule has 7 heteroatoms. The van der Waals surface area contributed by atoms with E-state index in [1.807, 2.05) is 0 Å². The van der Waals surface area contributed by atoms with Crippen LogP contribution in [0.2, 0.25) is 0 Å². The van der Waals surface area contributed by atoms with Gasteiger partial charge in [0.15, 0.2) is 0 Å². The molecule has 0 heterocycles. The van der Waals surface area contributed by atoms with Gasteiger partial charge in [0.1, 0.15) is 0 Å². The standard InChI is InChI=1S/C8H19N3O2S.ClH/c1-3-11(2)14(12,13)10-7-8(9)5-4-6-8;/h10H,3-7,9H2,1-2H3;1H. The van der Waals surface area contributed by atoms with E-state index in [0.29, 0.717) is 13.1 Å². The molecule has 3 N–H and O–H groups in total. The van der Waals surface area contributed by atoms with Crippen LogP contribution >= 0.6 is 12.4 Å². The molecule has 1 rings (SSSR count). The molecule has 0 amide bonds. The van der Waals surface area contributed by atoms with Crippen LogP contribution in [0.15, 0.2) is 0 Å². The summed E-state index contributed by atoms with van der Waals surface area (Å²) in [6, 6.07) is 0. The van der Waals surface area contributed by atoms with Gasteiger partial charge >= 0.3 is 0 Å². The molecular formula is C8H20ClN3O2S. The van der Waals surface area contributed by atoms with E-state index in [1.165, 1.54) is 4.31 Å². The third-order valence-electron chi connectivity index (χ3n) is 2.81. The Kier molecular flexibility index (Phi) is 5.49. The maximum absolute atomic E-state index is 11.5. The largest absolute Gasteiger partial charge is 0.324 e. The number of nitrogens with zero attached hydrogens (tertiary/aromatic N) is 1. The van der Waals surface area contributed by atoms with Crippen molar-refractivity contribution >= 4 is 22.6 Å². The Labute approximate surface area is 98.0 Å². The van der Waals surface area contributed by atoms with Gasteiger partial charge in [-0.05, 0) is 19.3 Å². The van der Waals surface area contributed by atoms with Gasteiger partial charge in [-0.25, -0.2) is 4.72 Å². The predicted molar refractivity (Wildman–Crippen MR) is 63.2 cm³/mol. The van der Waals surface area contributed by atoms with Gasteiger partial charge in [0.2, 0.25) is 0 Å². The van der Waals surface area contributed by atoms with Crippen LogP contribution in [-0.2, 0) is 10.2 Å². The molecule has 1 aliphatic carbocycles. The second kappa shape index (κ2) is 5.45.